The van der Waals surface area contributed by atoms with Crippen LogP contribution in [0.3, 0.4) is 0 Å². The van der Waals surface area contributed by atoms with Crippen LogP contribution in [0.2, 0.25) is 0 Å². The Hall–Kier alpha value is -3.15. The Labute approximate surface area is 188 Å². The Bertz CT molecular complexity index is 888. The van der Waals surface area contributed by atoms with Crippen LogP contribution in [-0.2, 0) is 14.4 Å². The van der Waals surface area contributed by atoms with Crippen LogP contribution >= 0.6 is 0 Å². The molecule has 0 radical (unpaired) electrons. The van der Waals surface area contributed by atoms with E-state index < -0.39 is 30.2 Å². The third kappa shape index (κ3) is 8.04. The van der Waals surface area contributed by atoms with Gasteiger partial charge in [-0.1, -0.05) is 26.0 Å². The molecule has 0 spiro atoms. The number of nitrogens with zero attached hydrogens (tertiary/aromatic N) is 1. The molecule has 1 saturated heterocycles. The highest BCUT2D eigenvalue weighted by Crippen LogP contribution is 2.24. The van der Waals surface area contributed by atoms with Crippen molar-refractivity contribution in [3.63, 3.8) is 0 Å². The number of aromatic carboxylic acids is 1. The normalized spacial score (nSPS) is 16.6. The number of anilines is 1. The fraction of sp³-hybridized carbons (Fsp3) is 0.524. The molecule has 1 fully saturated rings. The first-order valence-corrected chi connectivity index (χ1v) is 10.2. The Morgan fingerprint density at radius 1 is 1.21 bits per heavy atom. The van der Waals surface area contributed by atoms with Crippen LogP contribution in [0.25, 0.3) is 0 Å². The van der Waals surface area contributed by atoms with Crippen molar-refractivity contribution in [3.05, 3.63) is 29.3 Å². The number of rotatable bonds is 6. The average Bonchev–Trinajstić information content (AvgIpc) is 3.16. The molecular formula is C21H28F3N3O6. The minimum atomic E-state index is -5.08. The number of carbonyl (C=O) groups is 4. The van der Waals surface area contributed by atoms with Crippen molar-refractivity contribution >= 4 is 29.4 Å². The number of carboxylic acids is 2. The average molecular weight is 475 g/mol. The number of halogens is 3. The second-order valence-corrected chi connectivity index (χ2v) is 8.02. The zero-order chi connectivity index (χ0) is 25.5. The summed E-state index contributed by atoms with van der Waals surface area (Å²) in [6.45, 7) is 6.15. The molecule has 0 bridgehead atoms. The number of nitrogens with two attached hydrogens (primary N) is 1. The van der Waals surface area contributed by atoms with Gasteiger partial charge in [0.15, 0.2) is 0 Å². The summed E-state index contributed by atoms with van der Waals surface area (Å²) in [6.07, 6.45) is -3.26. The number of carbonyl (C=O) groups excluding carboxylic acids is 2. The van der Waals surface area contributed by atoms with Crippen LogP contribution in [0.5, 0.6) is 0 Å². The van der Waals surface area contributed by atoms with E-state index in [4.69, 9.17) is 15.6 Å². The van der Waals surface area contributed by atoms with E-state index in [1.807, 2.05) is 13.8 Å². The van der Waals surface area contributed by atoms with Gasteiger partial charge in [0.1, 0.15) is 6.04 Å². The molecule has 12 heteroatoms. The number of aryl methyl sites for hydroxylation is 1. The summed E-state index contributed by atoms with van der Waals surface area (Å²) in [6, 6.07) is 3.67. The van der Waals surface area contributed by atoms with E-state index in [1.54, 1.807) is 25.1 Å². The van der Waals surface area contributed by atoms with Crippen LogP contribution < -0.4 is 11.1 Å². The topological polar surface area (TPSA) is 150 Å². The van der Waals surface area contributed by atoms with Crippen LogP contribution in [0, 0.1) is 12.8 Å². The first kappa shape index (κ1) is 27.9. The lowest BCUT2D eigenvalue weighted by Crippen LogP contribution is -2.50. The van der Waals surface area contributed by atoms with Crippen molar-refractivity contribution < 1.29 is 42.6 Å². The smallest absolute Gasteiger partial charge is 0.478 e. The Balaban J connectivity index is 0.000000675. The maximum atomic E-state index is 12.7. The minimum absolute atomic E-state index is 0.0632. The molecular weight excluding hydrogens is 447 g/mol. The molecule has 0 aliphatic carbocycles. The van der Waals surface area contributed by atoms with Crippen molar-refractivity contribution in [2.75, 3.05) is 11.9 Å². The lowest BCUT2D eigenvalue weighted by molar-refractivity contribution is -0.192. The van der Waals surface area contributed by atoms with Gasteiger partial charge < -0.3 is 26.2 Å². The summed E-state index contributed by atoms with van der Waals surface area (Å²) in [7, 11) is 0. The fourth-order valence-electron chi connectivity index (χ4n) is 3.40. The minimum Gasteiger partial charge on any atom is -0.478 e. The van der Waals surface area contributed by atoms with Gasteiger partial charge in [-0.25, -0.2) is 9.59 Å². The quantitative estimate of drug-likeness (QED) is 0.494. The highest BCUT2D eigenvalue weighted by molar-refractivity contribution is 6.04. The first-order chi connectivity index (χ1) is 15.2. The van der Waals surface area contributed by atoms with Crippen LogP contribution in [0.15, 0.2) is 18.2 Å². The molecule has 1 aromatic carbocycles. The van der Waals surface area contributed by atoms with Crippen molar-refractivity contribution in [1.82, 2.24) is 4.90 Å². The van der Waals surface area contributed by atoms with E-state index in [1.165, 1.54) is 4.90 Å². The molecule has 9 nitrogen and oxygen atoms in total. The number of alkyl halides is 3. The molecule has 0 aromatic heterocycles. The fourth-order valence-corrected chi connectivity index (χ4v) is 3.40. The van der Waals surface area contributed by atoms with Crippen LogP contribution in [-0.4, -0.2) is 63.7 Å². The van der Waals surface area contributed by atoms with Gasteiger partial charge in [0.25, 0.3) is 0 Å². The highest BCUT2D eigenvalue weighted by Gasteiger charge is 2.38. The molecule has 2 atom stereocenters. The van der Waals surface area contributed by atoms with E-state index >= 15 is 0 Å². The Kier molecular flexibility index (Phi) is 9.83. The second-order valence-electron chi connectivity index (χ2n) is 8.02. The van der Waals surface area contributed by atoms with Gasteiger partial charge in [-0.2, -0.15) is 13.2 Å². The number of hydrogen-bond donors (Lipinski definition) is 4. The predicted octanol–water partition coefficient (Wildman–Crippen LogP) is 2.63. The SMILES string of the molecule is Cc1cccc(NC(=O)C2CCCN2C(=O)C(N)CC(C)C)c1C(=O)O.O=C(O)C(F)(F)F. The Morgan fingerprint density at radius 2 is 1.79 bits per heavy atom. The lowest BCUT2D eigenvalue weighted by atomic mass is 10.0. The number of benzene rings is 1. The van der Waals surface area contributed by atoms with Crippen molar-refractivity contribution in [2.24, 2.45) is 11.7 Å². The summed E-state index contributed by atoms with van der Waals surface area (Å²) >= 11 is 0. The Morgan fingerprint density at radius 3 is 2.27 bits per heavy atom. The van der Waals surface area contributed by atoms with Gasteiger partial charge >= 0.3 is 18.1 Å². The van der Waals surface area contributed by atoms with E-state index in [9.17, 15) is 32.7 Å². The molecule has 1 aromatic rings. The highest BCUT2D eigenvalue weighted by atomic mass is 19.4. The summed E-state index contributed by atoms with van der Waals surface area (Å²) < 4.78 is 31.7. The van der Waals surface area contributed by atoms with Crippen LogP contribution in [0.4, 0.5) is 18.9 Å². The number of nitrogens with one attached hydrogen (secondary N) is 1. The summed E-state index contributed by atoms with van der Waals surface area (Å²) in [5, 5.41) is 19.2. The van der Waals surface area contributed by atoms with Gasteiger partial charge in [0, 0.05) is 6.54 Å². The molecule has 2 unspecified atom stereocenters. The third-order valence-electron chi connectivity index (χ3n) is 4.87. The summed E-state index contributed by atoms with van der Waals surface area (Å²) in [5.41, 5.74) is 6.87. The van der Waals surface area contributed by atoms with Gasteiger partial charge in [-0.3, -0.25) is 9.59 Å². The molecule has 1 aliphatic rings. The van der Waals surface area contributed by atoms with Crippen molar-refractivity contribution in [1.29, 1.82) is 0 Å². The summed E-state index contributed by atoms with van der Waals surface area (Å²) in [4.78, 5) is 47.2. The molecule has 1 heterocycles. The van der Waals surface area contributed by atoms with Gasteiger partial charge in [0.2, 0.25) is 11.8 Å². The molecule has 2 amide bonds. The monoisotopic (exact) mass is 475 g/mol. The van der Waals surface area contributed by atoms with E-state index in [2.05, 4.69) is 5.32 Å². The van der Waals surface area contributed by atoms with E-state index in [-0.39, 0.29) is 29.0 Å². The van der Waals surface area contributed by atoms with Crippen molar-refractivity contribution in [2.45, 2.75) is 58.3 Å². The zero-order valence-corrected chi connectivity index (χ0v) is 18.5. The largest absolute Gasteiger partial charge is 0.490 e. The molecule has 2 rings (SSSR count). The number of aliphatic carboxylic acids is 1. The number of carboxylic acid groups (broad SMARTS) is 2. The zero-order valence-electron chi connectivity index (χ0n) is 18.5. The third-order valence-corrected chi connectivity index (χ3v) is 4.87. The van der Waals surface area contributed by atoms with E-state index in [0.29, 0.717) is 24.9 Å². The number of likely N-dealkylation sites (tertiary alicyclic amines) is 1. The predicted molar refractivity (Wildman–Crippen MR) is 113 cm³/mol. The standard InChI is InChI=1S/C19H27N3O4.C2HF3O2/c1-11(2)10-13(20)18(24)22-9-5-8-15(22)17(23)21-14-7-4-6-12(3)16(14)19(25)26;3-2(4,5)1(6)7/h4,6-7,11,13,15H,5,8-10,20H2,1-3H3,(H,21,23)(H,25,26);(H,6,7). The maximum absolute atomic E-state index is 12.7. The first-order valence-electron chi connectivity index (χ1n) is 10.2. The van der Waals surface area contributed by atoms with E-state index in [0.717, 1.165) is 6.42 Å². The van der Waals surface area contributed by atoms with Crippen LogP contribution in [0.1, 0.15) is 49.0 Å². The lowest BCUT2D eigenvalue weighted by Gasteiger charge is -2.27. The number of amides is 2. The molecule has 0 saturated carbocycles. The molecule has 5 N–H and O–H groups in total. The number of hydrogen-bond acceptors (Lipinski definition) is 5. The molecule has 1 aliphatic heterocycles. The van der Waals surface area contributed by atoms with Gasteiger partial charge in [-0.15, -0.1) is 0 Å². The van der Waals surface area contributed by atoms with Crippen molar-refractivity contribution in [3.8, 4) is 0 Å². The van der Waals surface area contributed by atoms with Gasteiger partial charge in [0.05, 0.1) is 17.3 Å². The summed E-state index contributed by atoms with van der Waals surface area (Å²) in [5.74, 6) is -4.17. The van der Waals surface area contributed by atoms with Gasteiger partial charge in [-0.05, 0) is 43.7 Å². The maximum Gasteiger partial charge on any atom is 0.490 e. The molecule has 184 valence electrons. The molecule has 33 heavy (non-hydrogen) atoms. The second kappa shape index (κ2) is 11.6.